The third kappa shape index (κ3) is 4.10. The molecule has 0 aliphatic rings. The van der Waals surface area contributed by atoms with Gasteiger partial charge < -0.3 is 5.73 Å². The Labute approximate surface area is 124 Å². The standard InChI is InChI=1S/C15H17NO2S2/c16-12-13-6-8-15(9-7-13)20(17,18)11-10-19-14-4-2-1-3-5-14/h1-9H,10-12,16H2. The van der Waals surface area contributed by atoms with Gasteiger partial charge in [-0.1, -0.05) is 30.3 Å². The maximum atomic E-state index is 12.2. The number of benzene rings is 2. The maximum Gasteiger partial charge on any atom is 0.179 e. The molecule has 2 aromatic carbocycles. The van der Waals surface area contributed by atoms with Crippen molar-refractivity contribution in [1.82, 2.24) is 0 Å². The molecule has 0 aromatic heterocycles. The van der Waals surface area contributed by atoms with Crippen LogP contribution in [-0.2, 0) is 16.4 Å². The Morgan fingerprint density at radius 3 is 2.20 bits per heavy atom. The lowest BCUT2D eigenvalue weighted by molar-refractivity contribution is 0.597. The Morgan fingerprint density at radius 1 is 0.950 bits per heavy atom. The van der Waals surface area contributed by atoms with Crippen molar-refractivity contribution in [3.05, 3.63) is 60.2 Å². The molecule has 5 heteroatoms. The molecule has 0 amide bonds. The Hall–Kier alpha value is -1.30. The molecular formula is C15H17NO2S2. The Balaban J connectivity index is 1.96. The summed E-state index contributed by atoms with van der Waals surface area (Å²) in [5.74, 6) is 0.680. The van der Waals surface area contributed by atoms with E-state index in [1.54, 1.807) is 36.0 Å². The lowest BCUT2D eigenvalue weighted by atomic mass is 10.2. The molecule has 0 aliphatic carbocycles. The molecule has 20 heavy (non-hydrogen) atoms. The molecule has 0 aliphatic heterocycles. The molecule has 0 bridgehead atoms. The molecule has 0 saturated heterocycles. The lowest BCUT2D eigenvalue weighted by Gasteiger charge is -2.05. The predicted molar refractivity (Wildman–Crippen MR) is 83.6 cm³/mol. The van der Waals surface area contributed by atoms with Gasteiger partial charge in [-0.3, -0.25) is 0 Å². The van der Waals surface area contributed by atoms with Gasteiger partial charge >= 0.3 is 0 Å². The fraction of sp³-hybridized carbons (Fsp3) is 0.200. The number of thioether (sulfide) groups is 1. The van der Waals surface area contributed by atoms with E-state index >= 15 is 0 Å². The average molecular weight is 307 g/mol. The molecule has 0 radical (unpaired) electrons. The summed E-state index contributed by atoms with van der Waals surface area (Å²) >= 11 is 1.55. The molecule has 0 unspecified atom stereocenters. The van der Waals surface area contributed by atoms with Crippen molar-refractivity contribution in [2.45, 2.75) is 16.3 Å². The highest BCUT2D eigenvalue weighted by Crippen LogP contribution is 2.19. The first-order valence-electron chi connectivity index (χ1n) is 6.31. The largest absolute Gasteiger partial charge is 0.326 e. The van der Waals surface area contributed by atoms with Crippen molar-refractivity contribution in [1.29, 1.82) is 0 Å². The minimum atomic E-state index is -3.22. The van der Waals surface area contributed by atoms with Crippen LogP contribution < -0.4 is 5.73 Å². The maximum absolute atomic E-state index is 12.2. The molecule has 0 fully saturated rings. The zero-order valence-corrected chi connectivity index (χ0v) is 12.7. The molecule has 0 atom stereocenters. The molecule has 0 heterocycles. The van der Waals surface area contributed by atoms with Gasteiger partial charge in [0.1, 0.15) is 0 Å². The van der Waals surface area contributed by atoms with E-state index in [9.17, 15) is 8.42 Å². The van der Waals surface area contributed by atoms with E-state index in [2.05, 4.69) is 0 Å². The highest BCUT2D eigenvalue weighted by molar-refractivity contribution is 8.00. The summed E-state index contributed by atoms with van der Waals surface area (Å²) in [5, 5.41) is 0. The SMILES string of the molecule is NCc1ccc(S(=O)(=O)CCSc2ccccc2)cc1. The van der Waals surface area contributed by atoms with Crippen molar-refractivity contribution < 1.29 is 8.42 Å². The van der Waals surface area contributed by atoms with E-state index in [0.29, 0.717) is 17.2 Å². The second-order valence-corrected chi connectivity index (χ2v) is 7.61. The fourth-order valence-corrected chi connectivity index (χ4v) is 4.32. The van der Waals surface area contributed by atoms with Crippen LogP contribution in [0.3, 0.4) is 0 Å². The van der Waals surface area contributed by atoms with Gasteiger partial charge in [0.05, 0.1) is 10.6 Å². The number of rotatable bonds is 6. The third-order valence-corrected chi connectivity index (χ3v) is 5.89. The van der Waals surface area contributed by atoms with Crippen LogP contribution in [0.5, 0.6) is 0 Å². The van der Waals surface area contributed by atoms with Crippen LogP contribution >= 0.6 is 11.8 Å². The fourth-order valence-electron chi connectivity index (χ4n) is 1.74. The first-order chi connectivity index (χ1) is 9.62. The monoisotopic (exact) mass is 307 g/mol. The van der Waals surface area contributed by atoms with Gasteiger partial charge in [-0.05, 0) is 29.8 Å². The second-order valence-electron chi connectivity index (χ2n) is 4.33. The van der Waals surface area contributed by atoms with Crippen molar-refractivity contribution >= 4 is 21.6 Å². The normalized spacial score (nSPS) is 11.4. The van der Waals surface area contributed by atoms with Crippen LogP contribution in [0.2, 0.25) is 0 Å². The molecule has 3 nitrogen and oxygen atoms in total. The van der Waals surface area contributed by atoms with E-state index in [-0.39, 0.29) is 5.75 Å². The predicted octanol–water partition coefficient (Wildman–Crippen LogP) is 2.71. The van der Waals surface area contributed by atoms with Crippen molar-refractivity contribution in [2.75, 3.05) is 11.5 Å². The van der Waals surface area contributed by atoms with E-state index in [1.165, 1.54) is 0 Å². The van der Waals surface area contributed by atoms with Crippen LogP contribution in [0.4, 0.5) is 0 Å². The van der Waals surface area contributed by atoms with Crippen molar-refractivity contribution in [3.8, 4) is 0 Å². The summed E-state index contributed by atoms with van der Waals surface area (Å²) in [6, 6.07) is 16.6. The molecule has 2 N–H and O–H groups in total. The van der Waals surface area contributed by atoms with Gasteiger partial charge in [0.25, 0.3) is 0 Å². The number of hydrogen-bond donors (Lipinski definition) is 1. The molecule has 2 rings (SSSR count). The first-order valence-corrected chi connectivity index (χ1v) is 8.95. The van der Waals surface area contributed by atoms with Crippen LogP contribution in [0.15, 0.2) is 64.4 Å². The lowest BCUT2D eigenvalue weighted by Crippen LogP contribution is -2.09. The van der Waals surface area contributed by atoms with Crippen LogP contribution in [-0.4, -0.2) is 19.9 Å². The Morgan fingerprint density at radius 2 is 1.60 bits per heavy atom. The van der Waals surface area contributed by atoms with E-state index in [1.807, 2.05) is 30.3 Å². The molecule has 0 saturated carbocycles. The topological polar surface area (TPSA) is 60.2 Å². The molecular weight excluding hydrogens is 290 g/mol. The Kier molecular flexibility index (Phi) is 5.23. The highest BCUT2D eigenvalue weighted by atomic mass is 32.2. The zero-order chi connectivity index (χ0) is 14.4. The Bertz CT molecular complexity index is 637. The summed E-state index contributed by atoms with van der Waals surface area (Å²) in [6.45, 7) is 0.421. The number of nitrogens with two attached hydrogens (primary N) is 1. The van der Waals surface area contributed by atoms with Gasteiger partial charge in [0.2, 0.25) is 0 Å². The van der Waals surface area contributed by atoms with Crippen LogP contribution in [0.1, 0.15) is 5.56 Å². The minimum absolute atomic E-state index is 0.133. The molecule has 0 spiro atoms. The summed E-state index contributed by atoms with van der Waals surface area (Å²) in [4.78, 5) is 1.45. The van der Waals surface area contributed by atoms with E-state index < -0.39 is 9.84 Å². The number of sulfone groups is 1. The second kappa shape index (κ2) is 6.92. The minimum Gasteiger partial charge on any atom is -0.326 e. The van der Waals surface area contributed by atoms with Crippen molar-refractivity contribution in [2.24, 2.45) is 5.73 Å². The number of hydrogen-bond acceptors (Lipinski definition) is 4. The van der Waals surface area contributed by atoms with Gasteiger partial charge in [0.15, 0.2) is 9.84 Å². The quantitative estimate of drug-likeness (QED) is 0.834. The summed E-state index contributed by atoms with van der Waals surface area (Å²) in [7, 11) is -3.22. The van der Waals surface area contributed by atoms with Gasteiger partial charge in [-0.25, -0.2) is 8.42 Å². The van der Waals surface area contributed by atoms with Gasteiger partial charge in [-0.2, -0.15) is 0 Å². The van der Waals surface area contributed by atoms with E-state index in [0.717, 1.165) is 10.5 Å². The average Bonchev–Trinajstić information content (AvgIpc) is 2.48. The van der Waals surface area contributed by atoms with Gasteiger partial charge in [-0.15, -0.1) is 11.8 Å². The molecule has 2 aromatic rings. The van der Waals surface area contributed by atoms with Crippen LogP contribution in [0.25, 0.3) is 0 Å². The van der Waals surface area contributed by atoms with Crippen molar-refractivity contribution in [3.63, 3.8) is 0 Å². The van der Waals surface area contributed by atoms with E-state index in [4.69, 9.17) is 5.73 Å². The third-order valence-electron chi connectivity index (χ3n) is 2.88. The van der Waals surface area contributed by atoms with Crippen LogP contribution in [0, 0.1) is 0 Å². The highest BCUT2D eigenvalue weighted by Gasteiger charge is 2.13. The van der Waals surface area contributed by atoms with Gasteiger partial charge in [0, 0.05) is 17.2 Å². The summed E-state index contributed by atoms with van der Waals surface area (Å²) in [5.41, 5.74) is 6.43. The zero-order valence-electron chi connectivity index (χ0n) is 11.0. The molecule has 106 valence electrons. The first kappa shape index (κ1) is 15.1. The smallest absolute Gasteiger partial charge is 0.179 e. The summed E-state index contributed by atoms with van der Waals surface area (Å²) < 4.78 is 24.4. The summed E-state index contributed by atoms with van der Waals surface area (Å²) in [6.07, 6.45) is 0.